The van der Waals surface area contributed by atoms with Crippen LogP contribution in [0.5, 0.6) is 0 Å². The van der Waals surface area contributed by atoms with Crippen molar-refractivity contribution in [3.8, 4) is 0 Å². The van der Waals surface area contributed by atoms with E-state index in [1.807, 2.05) is 37.1 Å². The summed E-state index contributed by atoms with van der Waals surface area (Å²) in [6.07, 6.45) is 4.53. The molecular formula is C17H26N4O2. The van der Waals surface area contributed by atoms with E-state index in [1.54, 1.807) is 0 Å². The zero-order valence-corrected chi connectivity index (χ0v) is 14.0. The summed E-state index contributed by atoms with van der Waals surface area (Å²) in [5, 5.41) is 2.98. The molecule has 2 saturated heterocycles. The predicted molar refractivity (Wildman–Crippen MR) is 89.5 cm³/mol. The summed E-state index contributed by atoms with van der Waals surface area (Å²) < 4.78 is 5.65. The molecule has 6 nitrogen and oxygen atoms in total. The van der Waals surface area contributed by atoms with Gasteiger partial charge < -0.3 is 19.9 Å². The van der Waals surface area contributed by atoms with Crippen molar-refractivity contribution in [2.24, 2.45) is 0 Å². The third-order valence-corrected chi connectivity index (χ3v) is 4.39. The molecule has 126 valence electrons. The number of pyridine rings is 1. The van der Waals surface area contributed by atoms with Crippen LogP contribution in [0.15, 0.2) is 18.3 Å². The number of urea groups is 1. The van der Waals surface area contributed by atoms with Gasteiger partial charge in [-0.2, -0.15) is 0 Å². The van der Waals surface area contributed by atoms with Crippen LogP contribution in [0.2, 0.25) is 0 Å². The molecule has 1 N–H and O–H groups in total. The molecule has 3 heterocycles. The molecule has 0 saturated carbocycles. The van der Waals surface area contributed by atoms with Crippen molar-refractivity contribution in [2.45, 2.75) is 45.4 Å². The summed E-state index contributed by atoms with van der Waals surface area (Å²) >= 11 is 0. The second kappa shape index (κ2) is 7.17. The molecule has 0 spiro atoms. The lowest BCUT2D eigenvalue weighted by Gasteiger charge is -2.35. The van der Waals surface area contributed by atoms with Crippen molar-refractivity contribution in [3.63, 3.8) is 0 Å². The van der Waals surface area contributed by atoms with Gasteiger partial charge in [0.05, 0.1) is 12.2 Å². The Morgan fingerprint density at radius 2 is 1.96 bits per heavy atom. The Morgan fingerprint density at radius 3 is 2.57 bits per heavy atom. The Bertz CT molecular complexity index is 518. The normalized spacial score (nSPS) is 24.8. The minimum atomic E-state index is -0.0318. The maximum absolute atomic E-state index is 12.3. The molecule has 1 aromatic heterocycles. The number of ether oxygens (including phenoxy) is 1. The van der Waals surface area contributed by atoms with Gasteiger partial charge in [0.2, 0.25) is 0 Å². The average Bonchev–Trinajstić information content (AvgIpc) is 3.06. The Labute approximate surface area is 137 Å². The van der Waals surface area contributed by atoms with Gasteiger partial charge in [-0.1, -0.05) is 6.07 Å². The van der Waals surface area contributed by atoms with Gasteiger partial charge in [0, 0.05) is 38.9 Å². The molecule has 2 amide bonds. The fourth-order valence-corrected chi connectivity index (χ4v) is 3.29. The standard InChI is InChI=1S/C17H26N4O2/c1-13-11-21(12-14(2)23-13)17(22)19-10-15-5-6-16(18-9-15)20-7-3-4-8-20/h5-6,9,13-14H,3-4,7-8,10-12H2,1-2H3,(H,19,22)/t13-,14+. The van der Waals surface area contributed by atoms with E-state index in [0.29, 0.717) is 19.6 Å². The third-order valence-electron chi connectivity index (χ3n) is 4.39. The number of morpholine rings is 1. The van der Waals surface area contributed by atoms with Crippen LogP contribution in [0.4, 0.5) is 10.6 Å². The van der Waals surface area contributed by atoms with Crippen molar-refractivity contribution >= 4 is 11.8 Å². The van der Waals surface area contributed by atoms with Crippen LogP contribution in [0.3, 0.4) is 0 Å². The number of carbonyl (C=O) groups is 1. The van der Waals surface area contributed by atoms with Gasteiger partial charge in [-0.05, 0) is 38.3 Å². The van der Waals surface area contributed by atoms with E-state index >= 15 is 0 Å². The number of hydrogen-bond donors (Lipinski definition) is 1. The van der Waals surface area contributed by atoms with E-state index in [4.69, 9.17) is 4.74 Å². The van der Waals surface area contributed by atoms with Gasteiger partial charge in [0.25, 0.3) is 0 Å². The fraction of sp³-hybridized carbons (Fsp3) is 0.647. The summed E-state index contributed by atoms with van der Waals surface area (Å²) in [6, 6.07) is 4.06. The second-order valence-electron chi connectivity index (χ2n) is 6.54. The number of aromatic nitrogens is 1. The third kappa shape index (κ3) is 4.13. The molecule has 2 atom stereocenters. The molecule has 2 fully saturated rings. The van der Waals surface area contributed by atoms with Crippen molar-refractivity contribution < 1.29 is 9.53 Å². The molecule has 3 rings (SSSR count). The van der Waals surface area contributed by atoms with Gasteiger partial charge in [-0.25, -0.2) is 9.78 Å². The number of rotatable bonds is 3. The average molecular weight is 318 g/mol. The minimum absolute atomic E-state index is 0.0318. The van der Waals surface area contributed by atoms with Crippen molar-refractivity contribution in [1.29, 1.82) is 0 Å². The number of carbonyl (C=O) groups excluding carboxylic acids is 1. The van der Waals surface area contributed by atoms with Crippen LogP contribution in [0.25, 0.3) is 0 Å². The van der Waals surface area contributed by atoms with Crippen molar-refractivity contribution in [2.75, 3.05) is 31.1 Å². The highest BCUT2D eigenvalue weighted by Crippen LogP contribution is 2.17. The molecule has 0 radical (unpaired) electrons. The lowest BCUT2D eigenvalue weighted by atomic mass is 10.2. The first kappa shape index (κ1) is 16.1. The van der Waals surface area contributed by atoms with E-state index in [0.717, 1.165) is 24.5 Å². The Hall–Kier alpha value is -1.82. The van der Waals surface area contributed by atoms with E-state index < -0.39 is 0 Å². The highest BCUT2D eigenvalue weighted by molar-refractivity contribution is 5.74. The topological polar surface area (TPSA) is 57.7 Å². The maximum atomic E-state index is 12.3. The van der Waals surface area contributed by atoms with Crippen LogP contribution in [0, 0.1) is 0 Å². The molecular weight excluding hydrogens is 292 g/mol. The van der Waals surface area contributed by atoms with Crippen LogP contribution in [-0.4, -0.2) is 54.3 Å². The highest BCUT2D eigenvalue weighted by atomic mass is 16.5. The molecule has 0 bridgehead atoms. The van der Waals surface area contributed by atoms with Crippen molar-refractivity contribution in [1.82, 2.24) is 15.2 Å². The van der Waals surface area contributed by atoms with Gasteiger partial charge in [0.15, 0.2) is 0 Å². The van der Waals surface area contributed by atoms with E-state index in [2.05, 4.69) is 15.2 Å². The number of hydrogen-bond acceptors (Lipinski definition) is 4. The zero-order valence-electron chi connectivity index (χ0n) is 14.0. The summed E-state index contributed by atoms with van der Waals surface area (Å²) in [4.78, 5) is 20.9. The van der Waals surface area contributed by atoms with Crippen LogP contribution in [-0.2, 0) is 11.3 Å². The summed E-state index contributed by atoms with van der Waals surface area (Å²) in [7, 11) is 0. The van der Waals surface area contributed by atoms with Gasteiger partial charge in [-0.3, -0.25) is 0 Å². The quantitative estimate of drug-likeness (QED) is 0.926. The molecule has 0 aromatic carbocycles. The molecule has 2 aliphatic rings. The summed E-state index contributed by atoms with van der Waals surface area (Å²) in [5.74, 6) is 1.04. The summed E-state index contributed by atoms with van der Waals surface area (Å²) in [6.45, 7) is 7.97. The molecule has 1 aromatic rings. The van der Waals surface area contributed by atoms with Gasteiger partial charge in [-0.15, -0.1) is 0 Å². The second-order valence-corrected chi connectivity index (χ2v) is 6.54. The molecule has 6 heteroatoms. The van der Waals surface area contributed by atoms with Gasteiger partial charge in [0.1, 0.15) is 5.82 Å². The Kier molecular flexibility index (Phi) is 5.00. The molecule has 23 heavy (non-hydrogen) atoms. The smallest absolute Gasteiger partial charge is 0.317 e. The first-order valence-electron chi connectivity index (χ1n) is 8.50. The first-order chi connectivity index (χ1) is 11.1. The van der Waals surface area contributed by atoms with Crippen molar-refractivity contribution in [3.05, 3.63) is 23.9 Å². The number of nitrogens with one attached hydrogen (secondary N) is 1. The van der Waals surface area contributed by atoms with Crippen LogP contribution >= 0.6 is 0 Å². The SMILES string of the molecule is C[C@@H]1CN(C(=O)NCc2ccc(N3CCCC3)nc2)C[C@H](C)O1. The molecule has 0 aliphatic carbocycles. The Morgan fingerprint density at radius 1 is 1.26 bits per heavy atom. The maximum Gasteiger partial charge on any atom is 0.317 e. The predicted octanol–water partition coefficient (Wildman–Crippen LogP) is 2.00. The number of nitrogens with zero attached hydrogens (tertiary/aromatic N) is 3. The zero-order chi connectivity index (χ0) is 16.2. The highest BCUT2D eigenvalue weighted by Gasteiger charge is 2.25. The monoisotopic (exact) mass is 318 g/mol. The van der Waals surface area contributed by atoms with Crippen LogP contribution < -0.4 is 10.2 Å². The van der Waals surface area contributed by atoms with Gasteiger partial charge >= 0.3 is 6.03 Å². The Balaban J connectivity index is 1.50. The largest absolute Gasteiger partial charge is 0.372 e. The lowest BCUT2D eigenvalue weighted by molar-refractivity contribution is -0.0545. The summed E-state index contributed by atoms with van der Waals surface area (Å²) in [5.41, 5.74) is 1.02. The minimum Gasteiger partial charge on any atom is -0.372 e. The number of anilines is 1. The van der Waals surface area contributed by atoms with E-state index in [9.17, 15) is 4.79 Å². The van der Waals surface area contributed by atoms with E-state index in [1.165, 1.54) is 12.8 Å². The van der Waals surface area contributed by atoms with E-state index in [-0.39, 0.29) is 18.2 Å². The number of amides is 2. The molecule has 2 aliphatic heterocycles. The van der Waals surface area contributed by atoms with Crippen LogP contribution in [0.1, 0.15) is 32.3 Å². The fourth-order valence-electron chi connectivity index (χ4n) is 3.29. The lowest BCUT2D eigenvalue weighted by Crippen LogP contribution is -2.51. The first-order valence-corrected chi connectivity index (χ1v) is 8.50. The molecule has 0 unspecified atom stereocenters.